The summed E-state index contributed by atoms with van der Waals surface area (Å²) >= 11 is 0. The van der Waals surface area contributed by atoms with Gasteiger partial charge in [0.15, 0.2) is 5.82 Å². The van der Waals surface area contributed by atoms with E-state index in [2.05, 4.69) is 20.6 Å². The van der Waals surface area contributed by atoms with Gasteiger partial charge in [0.25, 0.3) is 0 Å². The monoisotopic (exact) mass is 287 g/mol. The van der Waals surface area contributed by atoms with E-state index in [1.165, 1.54) is 25.7 Å². The van der Waals surface area contributed by atoms with Crippen molar-refractivity contribution in [2.45, 2.75) is 44.9 Å². The molecule has 2 aromatic heterocycles. The lowest BCUT2D eigenvalue weighted by atomic mass is 10.0. The second-order valence-corrected chi connectivity index (χ2v) is 5.82. The lowest BCUT2D eigenvalue weighted by Crippen LogP contribution is -2.16. The number of carbonyl (C=O) groups excluding carboxylic acids is 1. The van der Waals surface area contributed by atoms with E-state index >= 15 is 0 Å². The minimum absolute atomic E-state index is 0.0672. The third kappa shape index (κ3) is 3.15. The molecule has 2 heterocycles. The third-order valence-corrected chi connectivity index (χ3v) is 4.10. The van der Waals surface area contributed by atoms with E-state index in [9.17, 15) is 4.79 Å². The van der Waals surface area contributed by atoms with E-state index in [1.54, 1.807) is 4.68 Å². The fourth-order valence-electron chi connectivity index (χ4n) is 3.03. The maximum Gasteiger partial charge on any atom is 0.231 e. The molecule has 0 unspecified atom stereocenters. The Morgan fingerprint density at radius 2 is 2.19 bits per heavy atom. The number of hydrogen-bond acceptors (Lipinski definition) is 3. The van der Waals surface area contributed by atoms with Crippen molar-refractivity contribution in [3.63, 3.8) is 0 Å². The Balaban J connectivity index is 1.61. The summed E-state index contributed by atoms with van der Waals surface area (Å²) in [5.41, 5.74) is 2.96. The van der Waals surface area contributed by atoms with Gasteiger partial charge in [-0.25, -0.2) is 0 Å². The summed E-state index contributed by atoms with van der Waals surface area (Å²) in [5.74, 6) is 1.12. The smallest absolute Gasteiger partial charge is 0.231 e. The Morgan fingerprint density at radius 1 is 1.43 bits per heavy atom. The summed E-state index contributed by atoms with van der Waals surface area (Å²) in [4.78, 5) is 12.1. The van der Waals surface area contributed by atoms with Crippen molar-refractivity contribution in [2.24, 2.45) is 7.05 Å². The zero-order chi connectivity index (χ0) is 14.8. The molecule has 21 heavy (non-hydrogen) atoms. The number of amides is 1. The van der Waals surface area contributed by atoms with Crippen LogP contribution in [-0.2, 0) is 18.3 Å². The summed E-state index contributed by atoms with van der Waals surface area (Å²) in [5, 5.41) is 14.3. The number of aromatic nitrogens is 4. The molecular formula is C15H21N5O. The number of carbonyl (C=O) groups is 1. The molecule has 0 radical (unpaired) electrons. The van der Waals surface area contributed by atoms with Crippen LogP contribution in [-0.4, -0.2) is 25.9 Å². The summed E-state index contributed by atoms with van der Waals surface area (Å²) in [7, 11) is 1.85. The van der Waals surface area contributed by atoms with Crippen molar-refractivity contribution in [3.8, 4) is 0 Å². The van der Waals surface area contributed by atoms with Crippen LogP contribution in [0.3, 0.4) is 0 Å². The van der Waals surface area contributed by atoms with Gasteiger partial charge in [-0.1, -0.05) is 12.8 Å². The molecule has 0 saturated heterocycles. The predicted molar refractivity (Wildman–Crippen MR) is 80.1 cm³/mol. The summed E-state index contributed by atoms with van der Waals surface area (Å²) in [6.07, 6.45) is 5.30. The predicted octanol–water partition coefficient (Wildman–Crippen LogP) is 2.29. The minimum Gasteiger partial charge on any atom is -0.309 e. The van der Waals surface area contributed by atoms with Gasteiger partial charge in [0.05, 0.1) is 12.1 Å². The zero-order valence-corrected chi connectivity index (χ0v) is 12.5. The number of anilines is 1. The molecule has 0 spiro atoms. The number of nitrogens with zero attached hydrogens (tertiary/aromatic N) is 3. The first-order valence-electron chi connectivity index (χ1n) is 7.46. The van der Waals surface area contributed by atoms with E-state index in [1.807, 2.05) is 26.1 Å². The molecule has 2 aromatic rings. The van der Waals surface area contributed by atoms with Crippen LogP contribution in [0.1, 0.15) is 48.7 Å². The van der Waals surface area contributed by atoms with Crippen molar-refractivity contribution in [2.75, 3.05) is 5.32 Å². The summed E-state index contributed by atoms with van der Waals surface area (Å²) < 4.78 is 1.74. The highest BCUT2D eigenvalue weighted by molar-refractivity contribution is 5.91. The topological polar surface area (TPSA) is 75.6 Å². The molecule has 0 aliphatic heterocycles. The van der Waals surface area contributed by atoms with E-state index in [4.69, 9.17) is 0 Å². The van der Waals surface area contributed by atoms with Gasteiger partial charge >= 0.3 is 0 Å². The van der Waals surface area contributed by atoms with Gasteiger partial charge in [0.2, 0.25) is 5.91 Å². The van der Waals surface area contributed by atoms with Crippen molar-refractivity contribution >= 4 is 11.7 Å². The molecule has 6 nitrogen and oxygen atoms in total. The standard InChI is InChI=1S/C15H21N5O/c1-10-7-12(20(2)19-10)8-15(21)16-14-9-13(17-18-14)11-5-3-4-6-11/h7,9,11H,3-6,8H2,1-2H3,(H2,16,17,18,21). The first-order valence-corrected chi connectivity index (χ1v) is 7.46. The number of aromatic amines is 1. The maximum absolute atomic E-state index is 12.1. The molecule has 1 aliphatic carbocycles. The number of hydrogen-bond donors (Lipinski definition) is 2. The average Bonchev–Trinajstić information content (AvgIpc) is 3.11. The van der Waals surface area contributed by atoms with Crippen molar-refractivity contribution in [3.05, 3.63) is 29.2 Å². The molecular weight excluding hydrogens is 266 g/mol. The highest BCUT2D eigenvalue weighted by Crippen LogP contribution is 2.33. The van der Waals surface area contributed by atoms with Crippen LogP contribution in [0.5, 0.6) is 0 Å². The Bertz CT molecular complexity index is 636. The van der Waals surface area contributed by atoms with E-state index in [-0.39, 0.29) is 5.91 Å². The molecule has 1 aliphatic rings. The SMILES string of the molecule is Cc1cc(CC(=O)Nc2cc(C3CCCC3)[nH]n2)n(C)n1. The van der Waals surface area contributed by atoms with E-state index < -0.39 is 0 Å². The van der Waals surface area contributed by atoms with Crippen LogP contribution in [0.2, 0.25) is 0 Å². The first kappa shape index (κ1) is 13.9. The van der Waals surface area contributed by atoms with Crippen LogP contribution < -0.4 is 5.32 Å². The molecule has 0 aromatic carbocycles. The van der Waals surface area contributed by atoms with Gasteiger partial charge in [-0.2, -0.15) is 10.2 Å². The number of nitrogens with one attached hydrogen (secondary N) is 2. The molecule has 0 bridgehead atoms. The van der Waals surface area contributed by atoms with Crippen LogP contribution >= 0.6 is 0 Å². The second-order valence-electron chi connectivity index (χ2n) is 5.82. The van der Waals surface area contributed by atoms with Crippen LogP contribution in [0.25, 0.3) is 0 Å². The van der Waals surface area contributed by atoms with Gasteiger partial charge < -0.3 is 5.32 Å². The zero-order valence-electron chi connectivity index (χ0n) is 12.5. The third-order valence-electron chi connectivity index (χ3n) is 4.10. The summed E-state index contributed by atoms with van der Waals surface area (Å²) in [6, 6.07) is 3.89. The molecule has 6 heteroatoms. The Morgan fingerprint density at radius 3 is 2.86 bits per heavy atom. The average molecular weight is 287 g/mol. The normalized spacial score (nSPS) is 15.5. The van der Waals surface area contributed by atoms with Crippen molar-refractivity contribution in [1.29, 1.82) is 0 Å². The Hall–Kier alpha value is -2.11. The van der Waals surface area contributed by atoms with Gasteiger partial charge in [-0.3, -0.25) is 14.6 Å². The lowest BCUT2D eigenvalue weighted by molar-refractivity contribution is -0.115. The molecule has 1 saturated carbocycles. The number of H-pyrrole nitrogens is 1. The molecule has 1 fully saturated rings. The fraction of sp³-hybridized carbons (Fsp3) is 0.533. The van der Waals surface area contributed by atoms with Crippen LogP contribution in [0.4, 0.5) is 5.82 Å². The van der Waals surface area contributed by atoms with E-state index in [0.717, 1.165) is 17.1 Å². The highest BCUT2D eigenvalue weighted by atomic mass is 16.1. The van der Waals surface area contributed by atoms with Gasteiger partial charge in [0, 0.05) is 30.4 Å². The van der Waals surface area contributed by atoms with Crippen molar-refractivity contribution < 1.29 is 4.79 Å². The van der Waals surface area contributed by atoms with E-state index in [0.29, 0.717) is 18.2 Å². The molecule has 0 atom stereocenters. The molecule has 2 N–H and O–H groups in total. The lowest BCUT2D eigenvalue weighted by Gasteiger charge is -2.04. The molecule has 112 valence electrons. The quantitative estimate of drug-likeness (QED) is 0.906. The number of aryl methyl sites for hydroxylation is 2. The molecule has 3 rings (SSSR count). The molecule has 1 amide bonds. The summed E-state index contributed by atoms with van der Waals surface area (Å²) in [6.45, 7) is 1.92. The fourth-order valence-corrected chi connectivity index (χ4v) is 3.03. The minimum atomic E-state index is -0.0672. The Kier molecular flexibility index (Phi) is 3.77. The first-order chi connectivity index (χ1) is 10.1. The maximum atomic E-state index is 12.1. The number of rotatable bonds is 4. The Labute approximate surface area is 123 Å². The van der Waals surface area contributed by atoms with Crippen LogP contribution in [0, 0.1) is 6.92 Å². The van der Waals surface area contributed by atoms with Crippen molar-refractivity contribution in [1.82, 2.24) is 20.0 Å². The highest BCUT2D eigenvalue weighted by Gasteiger charge is 2.19. The van der Waals surface area contributed by atoms with Gasteiger partial charge in [-0.05, 0) is 25.8 Å². The van der Waals surface area contributed by atoms with Gasteiger partial charge in [-0.15, -0.1) is 0 Å². The largest absolute Gasteiger partial charge is 0.309 e. The second kappa shape index (κ2) is 5.71. The van der Waals surface area contributed by atoms with Gasteiger partial charge in [0.1, 0.15) is 0 Å². The van der Waals surface area contributed by atoms with Crippen LogP contribution in [0.15, 0.2) is 12.1 Å².